The molecule has 2 aromatic rings. The molecule has 1 aromatic carbocycles. The molecule has 7 nitrogen and oxygen atoms in total. The van der Waals surface area contributed by atoms with Gasteiger partial charge in [-0.3, -0.25) is 4.79 Å². The summed E-state index contributed by atoms with van der Waals surface area (Å²) in [5.41, 5.74) is 9.95. The Kier molecular flexibility index (Phi) is 3.58. The number of Topliss-reactive ketones (excluding diaryl/α,β-unsaturated/α-hetero) is 1. The maximum Gasteiger partial charge on any atom is 0.168 e. The van der Waals surface area contributed by atoms with Crippen LogP contribution in [0.1, 0.15) is 17.3 Å². The maximum atomic E-state index is 11.2. The number of aromatic nitrogens is 2. The molecule has 19 heavy (non-hydrogen) atoms. The van der Waals surface area contributed by atoms with Crippen molar-refractivity contribution in [2.45, 2.75) is 6.92 Å². The Morgan fingerprint density at radius 2 is 1.79 bits per heavy atom. The summed E-state index contributed by atoms with van der Waals surface area (Å²) in [7, 11) is 0. The van der Waals surface area contributed by atoms with Crippen LogP contribution >= 0.6 is 0 Å². The number of carbonyl (C=O) groups is 1. The van der Waals surface area contributed by atoms with E-state index in [9.17, 15) is 4.79 Å². The standard InChI is InChI=1S/C12H14N6O/c1-7(19)8-2-4-9(5-3-8)17-11-10(13)12(18-14)16-6-15-11/h2-6H,13-14H2,1H3,(H2,15,16,17,18). The van der Waals surface area contributed by atoms with Crippen LogP contribution in [0.5, 0.6) is 0 Å². The van der Waals surface area contributed by atoms with Crippen molar-refractivity contribution in [1.82, 2.24) is 9.97 Å². The van der Waals surface area contributed by atoms with Crippen molar-refractivity contribution >= 4 is 28.8 Å². The Morgan fingerprint density at radius 1 is 1.16 bits per heavy atom. The van der Waals surface area contributed by atoms with E-state index in [-0.39, 0.29) is 5.78 Å². The van der Waals surface area contributed by atoms with Gasteiger partial charge in [-0.25, -0.2) is 15.8 Å². The van der Waals surface area contributed by atoms with Crippen molar-refractivity contribution in [1.29, 1.82) is 0 Å². The highest BCUT2D eigenvalue weighted by Crippen LogP contribution is 2.25. The van der Waals surface area contributed by atoms with E-state index in [0.717, 1.165) is 5.69 Å². The minimum atomic E-state index is 0.0164. The molecule has 0 amide bonds. The SMILES string of the molecule is CC(=O)c1ccc(Nc2ncnc(NN)c2N)cc1. The Morgan fingerprint density at radius 3 is 2.37 bits per heavy atom. The van der Waals surface area contributed by atoms with Crippen LogP contribution in [0.15, 0.2) is 30.6 Å². The fourth-order valence-corrected chi connectivity index (χ4v) is 1.54. The summed E-state index contributed by atoms with van der Waals surface area (Å²) in [5.74, 6) is 6.09. The molecule has 0 atom stereocenters. The van der Waals surface area contributed by atoms with Crippen LogP contribution in [0.3, 0.4) is 0 Å². The number of anilines is 4. The molecule has 0 saturated heterocycles. The third kappa shape index (κ3) is 2.78. The molecular weight excluding hydrogens is 244 g/mol. The van der Waals surface area contributed by atoms with Crippen molar-refractivity contribution in [2.75, 3.05) is 16.5 Å². The van der Waals surface area contributed by atoms with E-state index < -0.39 is 0 Å². The van der Waals surface area contributed by atoms with Crippen LogP contribution < -0.4 is 22.3 Å². The van der Waals surface area contributed by atoms with Gasteiger partial charge in [0.05, 0.1) is 0 Å². The molecule has 1 heterocycles. The molecule has 7 heteroatoms. The topological polar surface area (TPSA) is 119 Å². The molecule has 0 spiro atoms. The maximum absolute atomic E-state index is 11.2. The highest BCUT2D eigenvalue weighted by Gasteiger charge is 2.07. The van der Waals surface area contributed by atoms with Gasteiger partial charge in [0.2, 0.25) is 0 Å². The van der Waals surface area contributed by atoms with Gasteiger partial charge in [0.15, 0.2) is 17.4 Å². The molecule has 0 saturated carbocycles. The lowest BCUT2D eigenvalue weighted by Gasteiger charge is -2.10. The van der Waals surface area contributed by atoms with Gasteiger partial charge in [-0.2, -0.15) is 0 Å². The van der Waals surface area contributed by atoms with Gasteiger partial charge in [0, 0.05) is 11.3 Å². The zero-order valence-electron chi connectivity index (χ0n) is 10.3. The monoisotopic (exact) mass is 258 g/mol. The van der Waals surface area contributed by atoms with E-state index in [1.54, 1.807) is 24.3 Å². The first-order chi connectivity index (χ1) is 9.11. The first-order valence-corrected chi connectivity index (χ1v) is 5.57. The number of ketones is 1. The first-order valence-electron chi connectivity index (χ1n) is 5.57. The number of nitrogen functional groups attached to an aromatic ring is 2. The molecule has 0 aliphatic rings. The molecule has 0 bridgehead atoms. The van der Waals surface area contributed by atoms with E-state index >= 15 is 0 Å². The van der Waals surface area contributed by atoms with Crippen molar-refractivity contribution in [3.8, 4) is 0 Å². The molecular formula is C12H14N6O. The number of hydrogen-bond acceptors (Lipinski definition) is 7. The molecule has 0 aliphatic carbocycles. The van der Waals surface area contributed by atoms with Crippen molar-refractivity contribution in [2.24, 2.45) is 5.84 Å². The number of nitrogens with two attached hydrogens (primary N) is 2. The van der Waals surface area contributed by atoms with Crippen LogP contribution in [0.2, 0.25) is 0 Å². The fraction of sp³-hybridized carbons (Fsp3) is 0.0833. The van der Waals surface area contributed by atoms with Gasteiger partial charge < -0.3 is 16.5 Å². The lowest BCUT2D eigenvalue weighted by molar-refractivity contribution is 0.101. The quantitative estimate of drug-likeness (QED) is 0.370. The average Bonchev–Trinajstić information content (AvgIpc) is 2.42. The Hall–Kier alpha value is -2.67. The van der Waals surface area contributed by atoms with Crippen molar-refractivity contribution < 1.29 is 4.79 Å². The van der Waals surface area contributed by atoms with Gasteiger partial charge in [-0.1, -0.05) is 0 Å². The summed E-state index contributed by atoms with van der Waals surface area (Å²) in [6.07, 6.45) is 1.35. The van der Waals surface area contributed by atoms with E-state index in [1.807, 2.05) is 0 Å². The van der Waals surface area contributed by atoms with E-state index in [2.05, 4.69) is 20.7 Å². The number of rotatable bonds is 4. The molecule has 0 radical (unpaired) electrons. The normalized spacial score (nSPS) is 10.0. The van der Waals surface area contributed by atoms with E-state index in [4.69, 9.17) is 11.6 Å². The van der Waals surface area contributed by atoms with E-state index in [0.29, 0.717) is 22.9 Å². The van der Waals surface area contributed by atoms with E-state index in [1.165, 1.54) is 13.3 Å². The average molecular weight is 258 g/mol. The minimum Gasteiger partial charge on any atom is -0.393 e. The zero-order valence-corrected chi connectivity index (χ0v) is 10.3. The number of hydrogen-bond donors (Lipinski definition) is 4. The van der Waals surface area contributed by atoms with Crippen LogP contribution in [0.4, 0.5) is 23.0 Å². The molecule has 0 unspecified atom stereocenters. The van der Waals surface area contributed by atoms with Gasteiger partial charge in [-0.15, -0.1) is 0 Å². The second-order valence-corrected chi connectivity index (χ2v) is 3.89. The lowest BCUT2D eigenvalue weighted by Crippen LogP contribution is -2.12. The molecule has 6 N–H and O–H groups in total. The smallest absolute Gasteiger partial charge is 0.168 e. The molecule has 0 fully saturated rings. The van der Waals surface area contributed by atoms with Crippen LogP contribution in [0, 0.1) is 0 Å². The van der Waals surface area contributed by atoms with Crippen LogP contribution in [-0.4, -0.2) is 15.8 Å². The lowest BCUT2D eigenvalue weighted by atomic mass is 10.1. The predicted molar refractivity (Wildman–Crippen MR) is 74.0 cm³/mol. The third-order valence-corrected chi connectivity index (χ3v) is 2.57. The summed E-state index contributed by atoms with van der Waals surface area (Å²) in [5, 5.41) is 3.03. The largest absolute Gasteiger partial charge is 0.393 e. The third-order valence-electron chi connectivity index (χ3n) is 2.57. The van der Waals surface area contributed by atoms with Gasteiger partial charge >= 0.3 is 0 Å². The summed E-state index contributed by atoms with van der Waals surface area (Å²) in [4.78, 5) is 19.1. The first kappa shape index (κ1) is 12.8. The highest BCUT2D eigenvalue weighted by molar-refractivity contribution is 5.94. The highest BCUT2D eigenvalue weighted by atomic mass is 16.1. The summed E-state index contributed by atoms with van der Waals surface area (Å²) in [6, 6.07) is 7.00. The minimum absolute atomic E-state index is 0.0164. The fourth-order valence-electron chi connectivity index (χ4n) is 1.54. The molecule has 98 valence electrons. The predicted octanol–water partition coefficient (Wildman–Crippen LogP) is 1.29. The molecule has 1 aromatic heterocycles. The summed E-state index contributed by atoms with van der Waals surface area (Å²) < 4.78 is 0. The summed E-state index contributed by atoms with van der Waals surface area (Å²) in [6.45, 7) is 1.52. The van der Waals surface area contributed by atoms with Gasteiger partial charge in [0.25, 0.3) is 0 Å². The Balaban J connectivity index is 2.24. The molecule has 0 aliphatic heterocycles. The second kappa shape index (κ2) is 5.32. The number of carbonyl (C=O) groups excluding carboxylic acids is 1. The number of hydrazine groups is 1. The molecule has 2 rings (SSSR count). The number of benzene rings is 1. The van der Waals surface area contributed by atoms with Crippen LogP contribution in [0.25, 0.3) is 0 Å². The summed E-state index contributed by atoms with van der Waals surface area (Å²) >= 11 is 0. The Labute approximate surface area is 110 Å². The zero-order chi connectivity index (χ0) is 13.8. The Bertz CT molecular complexity index is 596. The van der Waals surface area contributed by atoms with Gasteiger partial charge in [0.1, 0.15) is 12.0 Å². The van der Waals surface area contributed by atoms with Crippen molar-refractivity contribution in [3.05, 3.63) is 36.2 Å². The second-order valence-electron chi connectivity index (χ2n) is 3.89. The number of nitrogens with one attached hydrogen (secondary N) is 2. The number of nitrogens with zero attached hydrogens (tertiary/aromatic N) is 2. The van der Waals surface area contributed by atoms with Crippen molar-refractivity contribution in [3.63, 3.8) is 0 Å². The van der Waals surface area contributed by atoms with Gasteiger partial charge in [-0.05, 0) is 31.2 Å². The van der Waals surface area contributed by atoms with Crippen LogP contribution in [-0.2, 0) is 0 Å².